The lowest BCUT2D eigenvalue weighted by Gasteiger charge is -2.00. The number of nitrogens with one attached hydrogen (secondary N) is 1. The first-order chi connectivity index (χ1) is 6.42. The predicted molar refractivity (Wildman–Crippen MR) is 50.6 cm³/mol. The molecule has 0 aliphatic rings. The van der Waals surface area contributed by atoms with Gasteiger partial charge in [-0.05, 0) is 12.1 Å². The molecule has 0 unspecified atom stereocenters. The minimum Gasteiger partial charge on any atom is -0.490 e. The zero-order valence-corrected chi connectivity index (χ0v) is 7.16. The molecule has 0 saturated heterocycles. The van der Waals surface area contributed by atoms with Gasteiger partial charge in [0, 0.05) is 18.9 Å². The molecule has 0 amide bonds. The fraction of sp³-hybridized carbons (Fsp3) is 0.222. The van der Waals surface area contributed by atoms with Crippen LogP contribution in [-0.2, 0) is 0 Å². The van der Waals surface area contributed by atoms with Gasteiger partial charge in [-0.15, -0.1) is 0 Å². The van der Waals surface area contributed by atoms with Gasteiger partial charge in [0.25, 0.3) is 0 Å². The number of nitrogens with zero attached hydrogens (tertiary/aromatic N) is 1. The van der Waals surface area contributed by atoms with Gasteiger partial charge in [0.1, 0.15) is 18.0 Å². The number of ether oxygens (including phenoxy) is 1. The van der Waals surface area contributed by atoms with Crippen LogP contribution in [0.5, 0.6) is 5.75 Å². The van der Waals surface area contributed by atoms with Gasteiger partial charge in [-0.1, -0.05) is 0 Å². The molecule has 0 aromatic carbocycles. The highest BCUT2D eigenvalue weighted by Crippen LogP contribution is 2.22. The summed E-state index contributed by atoms with van der Waals surface area (Å²) in [7, 11) is 0. The van der Waals surface area contributed by atoms with E-state index in [0.29, 0.717) is 13.2 Å². The Balaban J connectivity index is 2.35. The lowest BCUT2D eigenvalue weighted by molar-refractivity contribution is 0.332. The summed E-state index contributed by atoms with van der Waals surface area (Å²) in [5.41, 5.74) is 6.18. The summed E-state index contributed by atoms with van der Waals surface area (Å²) in [6.45, 7) is 1.05. The van der Waals surface area contributed by atoms with Gasteiger partial charge in [-0.3, -0.25) is 0 Å². The molecular formula is C9H11N3O. The van der Waals surface area contributed by atoms with E-state index >= 15 is 0 Å². The Labute approximate surface area is 75.7 Å². The van der Waals surface area contributed by atoms with E-state index < -0.39 is 0 Å². The van der Waals surface area contributed by atoms with Crippen LogP contribution in [-0.4, -0.2) is 23.1 Å². The Morgan fingerprint density at radius 1 is 1.54 bits per heavy atom. The molecule has 0 bridgehead atoms. The SMILES string of the molecule is NCCOc1c[nH]c2ncccc12. The van der Waals surface area contributed by atoms with E-state index in [2.05, 4.69) is 9.97 Å². The average Bonchev–Trinajstić information content (AvgIpc) is 2.58. The lowest BCUT2D eigenvalue weighted by Crippen LogP contribution is -2.10. The topological polar surface area (TPSA) is 63.9 Å². The number of aromatic nitrogens is 2. The van der Waals surface area contributed by atoms with Gasteiger partial charge in [0.2, 0.25) is 0 Å². The molecule has 2 rings (SSSR count). The number of nitrogens with two attached hydrogens (primary N) is 1. The maximum Gasteiger partial charge on any atom is 0.146 e. The van der Waals surface area contributed by atoms with Gasteiger partial charge >= 0.3 is 0 Å². The second kappa shape index (κ2) is 3.45. The minimum atomic E-state index is 0.521. The van der Waals surface area contributed by atoms with Gasteiger partial charge in [-0.25, -0.2) is 4.98 Å². The third-order valence-corrected chi connectivity index (χ3v) is 1.79. The van der Waals surface area contributed by atoms with Crippen molar-refractivity contribution < 1.29 is 4.74 Å². The molecular weight excluding hydrogens is 166 g/mol. The van der Waals surface area contributed by atoms with E-state index in [1.54, 1.807) is 12.4 Å². The normalized spacial score (nSPS) is 10.5. The highest BCUT2D eigenvalue weighted by molar-refractivity contribution is 5.82. The maximum atomic E-state index is 5.41. The molecule has 0 aliphatic heterocycles. The molecule has 2 heterocycles. The highest BCUT2D eigenvalue weighted by atomic mass is 16.5. The minimum absolute atomic E-state index is 0.521. The predicted octanol–water partition coefficient (Wildman–Crippen LogP) is 0.900. The number of fused-ring (bicyclic) bond motifs is 1. The van der Waals surface area contributed by atoms with Crippen molar-refractivity contribution in [1.82, 2.24) is 9.97 Å². The summed E-state index contributed by atoms with van der Waals surface area (Å²) in [6, 6.07) is 3.84. The second-order valence-corrected chi connectivity index (χ2v) is 2.69. The molecule has 0 radical (unpaired) electrons. The van der Waals surface area contributed by atoms with Crippen molar-refractivity contribution >= 4 is 11.0 Å². The van der Waals surface area contributed by atoms with E-state index in [-0.39, 0.29) is 0 Å². The van der Waals surface area contributed by atoms with Crippen LogP contribution in [0.3, 0.4) is 0 Å². The molecule has 3 N–H and O–H groups in total. The van der Waals surface area contributed by atoms with Crippen molar-refractivity contribution in [1.29, 1.82) is 0 Å². The largest absolute Gasteiger partial charge is 0.490 e. The summed E-state index contributed by atoms with van der Waals surface area (Å²) < 4.78 is 5.41. The van der Waals surface area contributed by atoms with Gasteiger partial charge in [0.15, 0.2) is 0 Å². The summed E-state index contributed by atoms with van der Waals surface area (Å²) in [4.78, 5) is 7.16. The standard InChI is InChI=1S/C9H11N3O/c10-3-5-13-8-6-12-9-7(8)2-1-4-11-9/h1-2,4,6H,3,5,10H2,(H,11,12). The number of rotatable bonds is 3. The van der Waals surface area contributed by atoms with Crippen LogP contribution in [0.25, 0.3) is 11.0 Å². The maximum absolute atomic E-state index is 5.41. The van der Waals surface area contributed by atoms with Crippen LogP contribution in [0.1, 0.15) is 0 Å². The summed E-state index contributed by atoms with van der Waals surface area (Å²) in [5, 5.41) is 0.996. The lowest BCUT2D eigenvalue weighted by atomic mass is 10.3. The zero-order chi connectivity index (χ0) is 9.10. The molecule has 0 aliphatic carbocycles. The molecule has 0 saturated carbocycles. The van der Waals surface area contributed by atoms with Crippen LogP contribution in [0.4, 0.5) is 0 Å². The molecule has 2 aromatic heterocycles. The first kappa shape index (κ1) is 8.07. The molecule has 68 valence electrons. The molecule has 0 fully saturated rings. The van der Waals surface area contributed by atoms with E-state index in [0.717, 1.165) is 16.8 Å². The number of hydrogen-bond donors (Lipinski definition) is 2. The molecule has 2 aromatic rings. The summed E-state index contributed by atoms with van der Waals surface area (Å²) in [6.07, 6.45) is 3.54. The summed E-state index contributed by atoms with van der Waals surface area (Å²) >= 11 is 0. The number of pyridine rings is 1. The first-order valence-electron chi connectivity index (χ1n) is 4.17. The smallest absolute Gasteiger partial charge is 0.146 e. The highest BCUT2D eigenvalue weighted by Gasteiger charge is 2.03. The van der Waals surface area contributed by atoms with Gasteiger partial charge in [-0.2, -0.15) is 0 Å². The Morgan fingerprint density at radius 3 is 3.31 bits per heavy atom. The van der Waals surface area contributed by atoms with Crippen molar-refractivity contribution in [3.05, 3.63) is 24.5 Å². The third-order valence-electron chi connectivity index (χ3n) is 1.79. The fourth-order valence-electron chi connectivity index (χ4n) is 1.22. The van der Waals surface area contributed by atoms with Crippen LogP contribution in [0.15, 0.2) is 24.5 Å². The number of H-pyrrole nitrogens is 1. The number of aromatic amines is 1. The van der Waals surface area contributed by atoms with E-state index in [4.69, 9.17) is 10.5 Å². The van der Waals surface area contributed by atoms with E-state index in [1.165, 1.54) is 0 Å². The third kappa shape index (κ3) is 1.48. The van der Waals surface area contributed by atoms with Crippen molar-refractivity contribution in [2.24, 2.45) is 5.73 Å². The molecule has 0 atom stereocenters. The van der Waals surface area contributed by atoms with Crippen LogP contribution >= 0.6 is 0 Å². The summed E-state index contributed by atoms with van der Waals surface area (Å²) in [5.74, 6) is 0.813. The van der Waals surface area contributed by atoms with Crippen LogP contribution in [0, 0.1) is 0 Å². The monoisotopic (exact) mass is 177 g/mol. The molecule has 4 heteroatoms. The average molecular weight is 177 g/mol. The van der Waals surface area contributed by atoms with Gasteiger partial charge < -0.3 is 15.5 Å². The first-order valence-corrected chi connectivity index (χ1v) is 4.17. The van der Waals surface area contributed by atoms with Crippen molar-refractivity contribution in [2.45, 2.75) is 0 Å². The van der Waals surface area contributed by atoms with Crippen molar-refractivity contribution in [3.8, 4) is 5.75 Å². The molecule has 4 nitrogen and oxygen atoms in total. The van der Waals surface area contributed by atoms with E-state index in [9.17, 15) is 0 Å². The number of hydrogen-bond acceptors (Lipinski definition) is 3. The van der Waals surface area contributed by atoms with E-state index in [1.807, 2.05) is 12.1 Å². The second-order valence-electron chi connectivity index (χ2n) is 2.69. The molecule has 13 heavy (non-hydrogen) atoms. The Kier molecular flexibility index (Phi) is 2.14. The zero-order valence-electron chi connectivity index (χ0n) is 7.16. The van der Waals surface area contributed by atoms with Crippen LogP contribution in [0.2, 0.25) is 0 Å². The molecule has 0 spiro atoms. The Hall–Kier alpha value is -1.55. The fourth-order valence-corrected chi connectivity index (χ4v) is 1.22. The quantitative estimate of drug-likeness (QED) is 0.732. The van der Waals surface area contributed by atoms with Crippen LogP contribution < -0.4 is 10.5 Å². The van der Waals surface area contributed by atoms with Gasteiger partial charge in [0.05, 0.1) is 5.39 Å². The van der Waals surface area contributed by atoms with Crippen molar-refractivity contribution in [2.75, 3.05) is 13.2 Å². The van der Waals surface area contributed by atoms with Crippen molar-refractivity contribution in [3.63, 3.8) is 0 Å². The Morgan fingerprint density at radius 2 is 2.46 bits per heavy atom. The Bertz CT molecular complexity index is 396.